The molecule has 0 aliphatic rings. The van der Waals surface area contributed by atoms with E-state index in [1.54, 1.807) is 0 Å². The van der Waals surface area contributed by atoms with Crippen LogP contribution in [0.1, 0.15) is 0 Å². The smallest absolute Gasteiger partial charge is 0.195 e. The highest BCUT2D eigenvalue weighted by atomic mass is 32.2. The second kappa shape index (κ2) is 3.53. The molecule has 0 saturated heterocycles. The number of hydrogen-bond acceptors (Lipinski definition) is 3. The molecule has 0 saturated carbocycles. The summed E-state index contributed by atoms with van der Waals surface area (Å²) >= 11 is 4.66. The minimum Gasteiger partial charge on any atom is -0.289 e. The molecule has 15 heavy (non-hydrogen) atoms. The van der Waals surface area contributed by atoms with Gasteiger partial charge in [0.25, 0.3) is 0 Å². The van der Waals surface area contributed by atoms with Gasteiger partial charge in [-0.05, 0) is 6.07 Å². The third kappa shape index (κ3) is 1.63. The minimum absolute atomic E-state index is 0.172. The van der Waals surface area contributed by atoms with E-state index in [9.17, 15) is 18.0 Å². The Labute approximate surface area is 91.6 Å². The lowest BCUT2D eigenvalue weighted by Gasteiger charge is -2.01. The summed E-state index contributed by atoms with van der Waals surface area (Å²) in [4.78, 5) is 11.3. The Morgan fingerprint density at radius 1 is 1.13 bits per heavy atom. The third-order valence-corrected chi connectivity index (χ3v) is 3.18. The van der Waals surface area contributed by atoms with Crippen LogP contribution in [0, 0.1) is 17.5 Å². The lowest BCUT2D eigenvalue weighted by atomic mass is 10.2. The Morgan fingerprint density at radius 3 is 2.47 bits per heavy atom. The molecule has 1 heterocycles. The molecule has 0 aliphatic heterocycles. The molecule has 0 spiro atoms. The highest BCUT2D eigenvalue weighted by molar-refractivity contribution is 7.83. The summed E-state index contributed by atoms with van der Waals surface area (Å²) in [5, 5.41) is -0.172. The average Bonchev–Trinajstić information content (AvgIpc) is 2.17. The number of fused-ring (bicyclic) bond motifs is 1. The average molecular weight is 248 g/mol. The molecule has 0 bridgehead atoms. The van der Waals surface area contributed by atoms with Gasteiger partial charge in [0.05, 0.1) is 8.91 Å². The Bertz CT molecular complexity index is 606. The predicted molar refractivity (Wildman–Crippen MR) is 55.2 cm³/mol. The van der Waals surface area contributed by atoms with E-state index in [4.69, 9.17) is 0 Å². The molecule has 0 unspecified atom stereocenters. The van der Waals surface area contributed by atoms with Crippen molar-refractivity contribution in [2.75, 3.05) is 0 Å². The summed E-state index contributed by atoms with van der Waals surface area (Å²) in [6.45, 7) is 0. The van der Waals surface area contributed by atoms with Crippen LogP contribution in [0.5, 0.6) is 0 Å². The van der Waals surface area contributed by atoms with Gasteiger partial charge in [0.1, 0.15) is 0 Å². The van der Waals surface area contributed by atoms with E-state index < -0.39 is 22.9 Å². The van der Waals surface area contributed by atoms with Gasteiger partial charge in [0.15, 0.2) is 22.9 Å². The van der Waals surface area contributed by atoms with Gasteiger partial charge in [-0.15, -0.1) is 24.0 Å². The second-order valence-corrected chi connectivity index (χ2v) is 4.65. The molecule has 0 amide bonds. The Balaban J connectivity index is 3.05. The van der Waals surface area contributed by atoms with Crippen molar-refractivity contribution in [3.63, 3.8) is 0 Å². The topological polar surface area (TPSA) is 17.1 Å². The zero-order valence-corrected chi connectivity index (χ0v) is 8.76. The van der Waals surface area contributed by atoms with Crippen LogP contribution in [-0.2, 0) is 0 Å². The lowest BCUT2D eigenvalue weighted by Crippen LogP contribution is -2.02. The molecule has 0 fully saturated rings. The molecular weight excluding hydrogens is 245 g/mol. The number of rotatable bonds is 0. The van der Waals surface area contributed by atoms with E-state index in [0.717, 1.165) is 17.4 Å². The van der Waals surface area contributed by atoms with Crippen molar-refractivity contribution >= 4 is 34.1 Å². The van der Waals surface area contributed by atoms with E-state index >= 15 is 0 Å². The van der Waals surface area contributed by atoms with Crippen LogP contribution in [0.3, 0.4) is 0 Å². The fraction of sp³-hybridized carbons (Fsp3) is 0. The molecule has 0 N–H and O–H groups in total. The SMILES string of the molecule is O=c1cc(S)sc2c(F)c(F)c(F)cc12. The maximum atomic E-state index is 13.2. The van der Waals surface area contributed by atoms with E-state index in [2.05, 4.69) is 12.6 Å². The quantitative estimate of drug-likeness (QED) is 0.560. The summed E-state index contributed by atoms with van der Waals surface area (Å²) in [7, 11) is 0. The van der Waals surface area contributed by atoms with Gasteiger partial charge >= 0.3 is 0 Å². The highest BCUT2D eigenvalue weighted by Gasteiger charge is 2.16. The first-order valence-electron chi connectivity index (χ1n) is 3.81. The molecule has 2 rings (SSSR count). The number of benzene rings is 1. The predicted octanol–water partition coefficient (Wildman–Crippen LogP) is 2.97. The zero-order valence-electron chi connectivity index (χ0n) is 7.05. The van der Waals surface area contributed by atoms with E-state index in [-0.39, 0.29) is 14.3 Å². The fourth-order valence-electron chi connectivity index (χ4n) is 1.19. The highest BCUT2D eigenvalue weighted by Crippen LogP contribution is 2.27. The van der Waals surface area contributed by atoms with Crippen LogP contribution in [0.15, 0.2) is 21.1 Å². The molecule has 1 nitrogen and oxygen atoms in total. The summed E-state index contributed by atoms with van der Waals surface area (Å²) in [6, 6.07) is 1.83. The normalized spacial score (nSPS) is 10.9. The van der Waals surface area contributed by atoms with Crippen LogP contribution in [-0.4, -0.2) is 0 Å². The Hall–Kier alpha value is -1.01. The third-order valence-electron chi connectivity index (χ3n) is 1.84. The maximum Gasteiger partial charge on any atom is 0.195 e. The molecule has 1 aromatic heterocycles. The van der Waals surface area contributed by atoms with Gasteiger partial charge in [0, 0.05) is 11.5 Å². The molecule has 0 aliphatic carbocycles. The maximum absolute atomic E-state index is 13.2. The van der Waals surface area contributed by atoms with Gasteiger partial charge in [0.2, 0.25) is 0 Å². The lowest BCUT2D eigenvalue weighted by molar-refractivity contribution is 0.454. The summed E-state index contributed by atoms with van der Waals surface area (Å²) < 4.78 is 38.9. The molecule has 0 atom stereocenters. The van der Waals surface area contributed by atoms with Crippen LogP contribution in [0.2, 0.25) is 0 Å². The van der Waals surface area contributed by atoms with Crippen molar-refractivity contribution in [3.8, 4) is 0 Å². The van der Waals surface area contributed by atoms with Crippen molar-refractivity contribution < 1.29 is 13.2 Å². The van der Waals surface area contributed by atoms with E-state index in [0.29, 0.717) is 6.07 Å². The first kappa shape index (κ1) is 10.5. The Kier molecular flexibility index (Phi) is 2.47. The summed E-state index contributed by atoms with van der Waals surface area (Å²) in [5.41, 5.74) is -0.577. The van der Waals surface area contributed by atoms with Crippen molar-refractivity contribution in [1.29, 1.82) is 0 Å². The summed E-state index contributed by atoms with van der Waals surface area (Å²) in [6.07, 6.45) is 0. The van der Waals surface area contributed by atoms with Crippen molar-refractivity contribution in [3.05, 3.63) is 39.8 Å². The van der Waals surface area contributed by atoms with Crippen molar-refractivity contribution in [1.82, 2.24) is 0 Å². The number of hydrogen-bond donors (Lipinski definition) is 1. The van der Waals surface area contributed by atoms with E-state index in [1.165, 1.54) is 0 Å². The molecule has 2 aromatic rings. The molecular formula is C9H3F3OS2. The van der Waals surface area contributed by atoms with Crippen LogP contribution in [0.25, 0.3) is 10.1 Å². The van der Waals surface area contributed by atoms with Crippen LogP contribution < -0.4 is 5.43 Å². The minimum atomic E-state index is -1.57. The van der Waals surface area contributed by atoms with Crippen molar-refractivity contribution in [2.45, 2.75) is 4.21 Å². The fourth-order valence-corrected chi connectivity index (χ4v) is 2.40. The monoisotopic (exact) mass is 248 g/mol. The first-order chi connectivity index (χ1) is 7.00. The number of thiol groups is 1. The first-order valence-corrected chi connectivity index (χ1v) is 5.07. The van der Waals surface area contributed by atoms with Gasteiger partial charge in [-0.2, -0.15) is 0 Å². The van der Waals surface area contributed by atoms with Gasteiger partial charge in [-0.1, -0.05) is 0 Å². The zero-order chi connectivity index (χ0) is 11.2. The molecule has 6 heteroatoms. The largest absolute Gasteiger partial charge is 0.289 e. The molecule has 78 valence electrons. The number of halogens is 3. The van der Waals surface area contributed by atoms with Gasteiger partial charge < -0.3 is 0 Å². The van der Waals surface area contributed by atoms with Gasteiger partial charge in [-0.25, -0.2) is 13.2 Å². The van der Waals surface area contributed by atoms with Gasteiger partial charge in [-0.3, -0.25) is 4.79 Å². The van der Waals surface area contributed by atoms with Crippen LogP contribution in [0.4, 0.5) is 13.2 Å². The summed E-state index contributed by atoms with van der Waals surface area (Å²) in [5.74, 6) is -4.28. The van der Waals surface area contributed by atoms with E-state index in [1.807, 2.05) is 0 Å². The Morgan fingerprint density at radius 2 is 1.80 bits per heavy atom. The molecule has 0 radical (unpaired) electrons. The standard InChI is InChI=1S/C9H3F3OS2/c10-4-1-3-5(13)2-6(14)15-9(3)8(12)7(4)11/h1-2,14H. The van der Waals surface area contributed by atoms with Crippen LogP contribution >= 0.6 is 24.0 Å². The molecule has 1 aromatic carbocycles. The van der Waals surface area contributed by atoms with Crippen molar-refractivity contribution in [2.24, 2.45) is 0 Å². The second-order valence-electron chi connectivity index (χ2n) is 2.81.